The van der Waals surface area contributed by atoms with Gasteiger partial charge in [0.1, 0.15) is 48.8 Å². The molecule has 0 aromatic heterocycles. The number of aliphatic hydroxyl groups is 1. The van der Waals surface area contributed by atoms with Crippen molar-refractivity contribution in [2.45, 2.75) is 120 Å². The van der Waals surface area contributed by atoms with Gasteiger partial charge in [-0.25, -0.2) is 0 Å². The van der Waals surface area contributed by atoms with Crippen molar-refractivity contribution in [2.24, 2.45) is 23.1 Å². The van der Waals surface area contributed by atoms with Crippen LogP contribution in [-0.2, 0) is 68.7 Å². The largest absolute Gasteiger partial charge is 0.481 e. The summed E-state index contributed by atoms with van der Waals surface area (Å²) in [5, 5.41) is 57.7. The van der Waals surface area contributed by atoms with E-state index in [1.54, 1.807) is 30.3 Å². The standard InChI is InChI=1S/C43H66N12O17/c1-21(2)35(43(72)47-18-31(58)50-29(20-56)42(71)53-27(16-30(46)57)40(69)52-25(11-7-8-14-44)38(67)48-19-34(63)64)55-41(70)28(17-33(61)62)54-39(68)26(12-13-32(59)60)51-36(65)22(3)49-37(66)24(45)15-23-9-5-4-6-10-23/h4-6,9-10,21-22,24-29,35,56H,7-8,11-20,44-45H2,1-3H3,(H2,46,57)(H,47,72)(H,48,67)(H,49,66)(H,50,58)(H,51,65)(H,52,69)(H,53,71)(H,54,68)(H,55,70)(H,59,60)(H,61,62)(H,63,64)/t22-,24-,25-,26-,27-,28-,29-,35-/m0/s1. The van der Waals surface area contributed by atoms with Crippen LogP contribution in [0.25, 0.3) is 0 Å². The van der Waals surface area contributed by atoms with Gasteiger partial charge in [-0.2, -0.15) is 0 Å². The number of hydrogen-bond acceptors (Lipinski definition) is 16. The number of nitrogens with two attached hydrogens (primary N) is 3. The molecule has 8 atom stereocenters. The number of aliphatic hydroxyl groups excluding tert-OH is 1. The highest BCUT2D eigenvalue weighted by molar-refractivity contribution is 5.99. The van der Waals surface area contributed by atoms with Crippen LogP contribution in [-0.4, -0.2) is 172 Å². The molecule has 19 N–H and O–H groups in total. The summed E-state index contributed by atoms with van der Waals surface area (Å²) in [7, 11) is 0. The first-order valence-electron chi connectivity index (χ1n) is 22.5. The Morgan fingerprint density at radius 2 is 1.07 bits per heavy atom. The summed E-state index contributed by atoms with van der Waals surface area (Å²) in [6.45, 7) is 1.56. The number of benzene rings is 1. The van der Waals surface area contributed by atoms with Crippen LogP contribution in [0.4, 0.5) is 0 Å². The molecule has 10 amide bonds. The van der Waals surface area contributed by atoms with Crippen LogP contribution in [0, 0.1) is 5.92 Å². The molecule has 72 heavy (non-hydrogen) atoms. The van der Waals surface area contributed by atoms with Gasteiger partial charge in [0.25, 0.3) is 0 Å². The Labute approximate surface area is 412 Å². The Balaban J connectivity index is 3.08. The van der Waals surface area contributed by atoms with Crippen molar-refractivity contribution in [3.8, 4) is 0 Å². The average Bonchev–Trinajstić information content (AvgIpc) is 3.30. The van der Waals surface area contributed by atoms with E-state index in [4.69, 9.17) is 22.3 Å². The molecule has 0 aliphatic heterocycles. The lowest BCUT2D eigenvalue weighted by Crippen LogP contribution is -2.60. The Kier molecular flexibility index (Phi) is 27.8. The van der Waals surface area contributed by atoms with Gasteiger partial charge >= 0.3 is 17.9 Å². The first-order chi connectivity index (χ1) is 33.8. The topological polar surface area (TPSA) is 489 Å². The lowest BCUT2D eigenvalue weighted by Gasteiger charge is -2.27. The summed E-state index contributed by atoms with van der Waals surface area (Å²) in [4.78, 5) is 164. The van der Waals surface area contributed by atoms with E-state index in [0.717, 1.165) is 5.56 Å². The smallest absolute Gasteiger partial charge is 0.322 e. The highest BCUT2D eigenvalue weighted by atomic mass is 16.4. The molecular formula is C43H66N12O17. The number of hydrogen-bond donors (Lipinski definition) is 16. The molecule has 0 aliphatic rings. The van der Waals surface area contributed by atoms with E-state index in [1.165, 1.54) is 20.8 Å². The number of amides is 10. The fourth-order valence-electron chi connectivity index (χ4n) is 6.34. The van der Waals surface area contributed by atoms with Gasteiger partial charge in [-0.05, 0) is 57.1 Å². The molecule has 0 spiro atoms. The molecule has 1 aromatic carbocycles. The normalized spacial score (nSPS) is 14.2. The molecule has 400 valence electrons. The minimum Gasteiger partial charge on any atom is -0.481 e. The van der Waals surface area contributed by atoms with Crippen molar-refractivity contribution in [1.82, 2.24) is 47.9 Å². The molecule has 0 radical (unpaired) electrons. The van der Waals surface area contributed by atoms with Crippen LogP contribution >= 0.6 is 0 Å². The van der Waals surface area contributed by atoms with E-state index in [0.29, 0.717) is 12.8 Å². The van der Waals surface area contributed by atoms with Crippen LogP contribution in [0.3, 0.4) is 0 Å². The first-order valence-corrected chi connectivity index (χ1v) is 22.5. The summed E-state index contributed by atoms with van der Waals surface area (Å²) >= 11 is 0. The highest BCUT2D eigenvalue weighted by Crippen LogP contribution is 2.08. The summed E-state index contributed by atoms with van der Waals surface area (Å²) < 4.78 is 0. The SMILES string of the molecule is CC(C)[C@H](NC(=O)[C@H](CC(=O)O)NC(=O)[C@H](CCC(=O)O)NC(=O)[C@H](C)NC(=O)[C@@H](N)Cc1ccccc1)C(=O)NCC(=O)N[C@@H](CO)C(=O)N[C@@H](CC(N)=O)C(=O)N[C@@H](CCCCN)C(=O)NCC(=O)O. The third-order valence-electron chi connectivity index (χ3n) is 10.2. The van der Waals surface area contributed by atoms with Crippen molar-refractivity contribution in [2.75, 3.05) is 26.2 Å². The summed E-state index contributed by atoms with van der Waals surface area (Å²) in [6, 6.07) is -3.79. The van der Waals surface area contributed by atoms with E-state index in [-0.39, 0.29) is 19.4 Å². The highest BCUT2D eigenvalue weighted by Gasteiger charge is 2.35. The summed E-state index contributed by atoms with van der Waals surface area (Å²) in [5.74, 6) is -15.8. The van der Waals surface area contributed by atoms with Crippen molar-refractivity contribution < 1.29 is 82.8 Å². The Morgan fingerprint density at radius 3 is 1.61 bits per heavy atom. The van der Waals surface area contributed by atoms with Gasteiger partial charge in [0.2, 0.25) is 59.1 Å². The quantitative estimate of drug-likeness (QED) is 0.0285. The lowest BCUT2D eigenvalue weighted by molar-refractivity contribution is -0.142. The molecule has 29 nitrogen and oxygen atoms in total. The molecule has 0 heterocycles. The number of unbranched alkanes of at least 4 members (excludes halogenated alkanes) is 1. The van der Waals surface area contributed by atoms with E-state index < -0.39 is 177 Å². The number of primary amides is 1. The van der Waals surface area contributed by atoms with E-state index in [1.807, 2.05) is 0 Å². The van der Waals surface area contributed by atoms with E-state index in [9.17, 15) is 77.6 Å². The second-order valence-corrected chi connectivity index (χ2v) is 16.6. The van der Waals surface area contributed by atoms with Crippen molar-refractivity contribution in [3.05, 3.63) is 35.9 Å². The zero-order valence-electron chi connectivity index (χ0n) is 39.9. The molecule has 0 bridgehead atoms. The van der Waals surface area contributed by atoms with Crippen LogP contribution in [0.5, 0.6) is 0 Å². The fraction of sp³-hybridized carbons (Fsp3) is 0.558. The van der Waals surface area contributed by atoms with Crippen LogP contribution in [0.1, 0.15) is 71.3 Å². The number of nitrogens with one attached hydrogen (secondary N) is 9. The Morgan fingerprint density at radius 1 is 0.542 bits per heavy atom. The van der Waals surface area contributed by atoms with Gasteiger partial charge in [-0.3, -0.25) is 62.3 Å². The van der Waals surface area contributed by atoms with Gasteiger partial charge in [0, 0.05) is 6.42 Å². The number of rotatable bonds is 34. The molecular weight excluding hydrogens is 957 g/mol. The van der Waals surface area contributed by atoms with Gasteiger partial charge in [0.05, 0.1) is 32.0 Å². The van der Waals surface area contributed by atoms with E-state index in [2.05, 4.69) is 47.9 Å². The summed E-state index contributed by atoms with van der Waals surface area (Å²) in [6.07, 6.45) is -2.35. The van der Waals surface area contributed by atoms with Crippen molar-refractivity contribution in [1.29, 1.82) is 0 Å². The molecule has 0 fully saturated rings. The lowest BCUT2D eigenvalue weighted by atomic mass is 10.0. The third kappa shape index (κ3) is 24.2. The molecule has 1 rings (SSSR count). The second kappa shape index (κ2) is 32.2. The minimum absolute atomic E-state index is 0.0258. The predicted molar refractivity (Wildman–Crippen MR) is 249 cm³/mol. The third-order valence-corrected chi connectivity index (χ3v) is 10.2. The number of aliphatic carboxylic acids is 3. The second-order valence-electron chi connectivity index (χ2n) is 16.6. The maximum Gasteiger partial charge on any atom is 0.322 e. The molecule has 0 aliphatic carbocycles. The van der Waals surface area contributed by atoms with Gasteiger partial charge < -0.3 is 85.5 Å². The number of carboxylic acids is 3. The van der Waals surface area contributed by atoms with E-state index >= 15 is 0 Å². The van der Waals surface area contributed by atoms with Crippen LogP contribution in [0.2, 0.25) is 0 Å². The zero-order chi connectivity index (χ0) is 54.7. The first kappa shape index (κ1) is 62.2. The van der Waals surface area contributed by atoms with Crippen LogP contribution < -0.4 is 65.1 Å². The maximum absolute atomic E-state index is 13.5. The minimum atomic E-state index is -1.94. The number of carbonyl (C=O) groups is 13. The molecule has 29 heteroatoms. The summed E-state index contributed by atoms with van der Waals surface area (Å²) in [5.41, 5.74) is 17.5. The predicted octanol–water partition coefficient (Wildman–Crippen LogP) is -6.72. The number of carboxylic acid groups (broad SMARTS) is 3. The zero-order valence-corrected chi connectivity index (χ0v) is 39.9. The fourth-order valence-corrected chi connectivity index (χ4v) is 6.34. The van der Waals surface area contributed by atoms with Gasteiger partial charge in [-0.15, -0.1) is 0 Å². The van der Waals surface area contributed by atoms with Crippen LogP contribution in [0.15, 0.2) is 30.3 Å². The van der Waals surface area contributed by atoms with Gasteiger partial charge in [-0.1, -0.05) is 44.2 Å². The molecule has 1 aromatic rings. The Bertz CT molecular complexity index is 2090. The van der Waals surface area contributed by atoms with Gasteiger partial charge in [0.15, 0.2) is 0 Å². The molecule has 0 unspecified atom stereocenters. The number of carbonyl (C=O) groups excluding carboxylic acids is 10. The molecule has 0 saturated carbocycles. The Hall–Kier alpha value is -7.79. The maximum atomic E-state index is 13.5. The monoisotopic (exact) mass is 1020 g/mol. The van der Waals surface area contributed by atoms with Crippen molar-refractivity contribution >= 4 is 77.0 Å². The average molecular weight is 1020 g/mol. The van der Waals surface area contributed by atoms with Crippen molar-refractivity contribution in [3.63, 3.8) is 0 Å². The molecule has 0 saturated heterocycles.